The van der Waals surface area contributed by atoms with Gasteiger partial charge in [-0.15, -0.1) is 0 Å². The lowest BCUT2D eigenvalue weighted by Gasteiger charge is -2.32. The molecule has 1 aliphatic rings. The van der Waals surface area contributed by atoms with Gasteiger partial charge in [-0.3, -0.25) is 9.69 Å². The molecule has 0 aromatic heterocycles. The van der Waals surface area contributed by atoms with Gasteiger partial charge in [0.2, 0.25) is 0 Å². The number of carboxylic acids is 1. The molecule has 0 spiro atoms. The van der Waals surface area contributed by atoms with E-state index < -0.39 is 12.0 Å². The van der Waals surface area contributed by atoms with E-state index in [1.54, 1.807) is 0 Å². The molecule has 0 unspecified atom stereocenters. The molecule has 0 aliphatic carbocycles. The lowest BCUT2D eigenvalue weighted by molar-refractivity contribution is -0.145. The molecule has 1 heterocycles. The minimum Gasteiger partial charge on any atom is -0.480 e. The predicted molar refractivity (Wildman–Crippen MR) is 73.3 cm³/mol. The van der Waals surface area contributed by atoms with Gasteiger partial charge in [-0.05, 0) is 24.0 Å². The number of aliphatic carboxylic acids is 1. The van der Waals surface area contributed by atoms with Crippen LogP contribution in [0, 0.1) is 0 Å². The third-order valence-electron chi connectivity index (χ3n) is 3.63. The molecule has 19 heavy (non-hydrogen) atoms. The summed E-state index contributed by atoms with van der Waals surface area (Å²) in [6, 6.07) is 7.78. The van der Waals surface area contributed by atoms with E-state index in [9.17, 15) is 9.90 Å². The Labute approximate surface area is 114 Å². The average molecular weight is 263 g/mol. The van der Waals surface area contributed by atoms with Crippen LogP contribution in [0.5, 0.6) is 0 Å². The molecular formula is C15H21NO3. The number of hydrogen-bond acceptors (Lipinski definition) is 3. The van der Waals surface area contributed by atoms with E-state index >= 15 is 0 Å². The minimum atomic E-state index is -0.749. The number of morpholine rings is 1. The summed E-state index contributed by atoms with van der Waals surface area (Å²) in [4.78, 5) is 13.4. The van der Waals surface area contributed by atoms with Gasteiger partial charge in [0.05, 0.1) is 13.2 Å². The first-order chi connectivity index (χ1) is 9.20. The maximum atomic E-state index is 11.4. The molecule has 0 radical (unpaired) electrons. The molecule has 1 saturated heterocycles. The van der Waals surface area contributed by atoms with E-state index in [0.29, 0.717) is 32.7 Å². The van der Waals surface area contributed by atoms with E-state index in [1.807, 2.05) is 17.0 Å². The number of hydrogen-bond donors (Lipinski definition) is 1. The fourth-order valence-electron chi connectivity index (χ4n) is 2.40. The SMILES string of the molecule is CCc1ccc(C[C@H](C(=O)O)N2CCOCC2)cc1. The van der Waals surface area contributed by atoms with Crippen LogP contribution < -0.4 is 0 Å². The van der Waals surface area contributed by atoms with Gasteiger partial charge in [0, 0.05) is 13.1 Å². The van der Waals surface area contributed by atoms with Crippen molar-refractivity contribution in [2.24, 2.45) is 0 Å². The molecule has 1 N–H and O–H groups in total. The summed E-state index contributed by atoms with van der Waals surface area (Å²) in [6.45, 7) is 4.76. The summed E-state index contributed by atoms with van der Waals surface area (Å²) in [5.74, 6) is -0.749. The summed E-state index contributed by atoms with van der Waals surface area (Å²) < 4.78 is 5.28. The van der Waals surface area contributed by atoms with Gasteiger partial charge >= 0.3 is 5.97 Å². The Bertz CT molecular complexity index is 410. The number of aryl methyl sites for hydroxylation is 1. The van der Waals surface area contributed by atoms with Crippen molar-refractivity contribution >= 4 is 5.97 Å². The lowest BCUT2D eigenvalue weighted by Crippen LogP contribution is -2.48. The average Bonchev–Trinajstić information content (AvgIpc) is 2.46. The molecule has 1 fully saturated rings. The standard InChI is InChI=1S/C15H21NO3/c1-2-12-3-5-13(6-4-12)11-14(15(17)18)16-7-9-19-10-8-16/h3-6,14H,2,7-11H2,1H3,(H,17,18)/t14-/m1/s1. The van der Waals surface area contributed by atoms with Crippen LogP contribution in [0.15, 0.2) is 24.3 Å². The van der Waals surface area contributed by atoms with Crippen LogP contribution in [0.2, 0.25) is 0 Å². The highest BCUT2D eigenvalue weighted by atomic mass is 16.5. The molecule has 4 heteroatoms. The highest BCUT2D eigenvalue weighted by molar-refractivity contribution is 5.74. The van der Waals surface area contributed by atoms with Crippen molar-refractivity contribution in [3.63, 3.8) is 0 Å². The molecule has 1 aromatic rings. The molecule has 1 aromatic carbocycles. The highest BCUT2D eigenvalue weighted by Crippen LogP contribution is 2.13. The zero-order chi connectivity index (χ0) is 13.7. The first-order valence-electron chi connectivity index (χ1n) is 6.83. The van der Waals surface area contributed by atoms with Crippen LogP contribution in [0.1, 0.15) is 18.1 Å². The van der Waals surface area contributed by atoms with E-state index in [0.717, 1.165) is 12.0 Å². The Kier molecular flexibility index (Phi) is 4.93. The van der Waals surface area contributed by atoms with E-state index in [4.69, 9.17) is 4.74 Å². The number of ether oxygens (including phenoxy) is 1. The van der Waals surface area contributed by atoms with Crippen molar-refractivity contribution in [1.82, 2.24) is 4.90 Å². The van der Waals surface area contributed by atoms with Crippen molar-refractivity contribution < 1.29 is 14.6 Å². The molecule has 1 atom stereocenters. The summed E-state index contributed by atoms with van der Waals surface area (Å²) in [7, 11) is 0. The summed E-state index contributed by atoms with van der Waals surface area (Å²) in [5, 5.41) is 9.41. The van der Waals surface area contributed by atoms with Gasteiger partial charge < -0.3 is 9.84 Å². The largest absolute Gasteiger partial charge is 0.480 e. The van der Waals surface area contributed by atoms with Crippen LogP contribution in [0.4, 0.5) is 0 Å². The summed E-state index contributed by atoms with van der Waals surface area (Å²) in [5.41, 5.74) is 2.36. The molecule has 0 bridgehead atoms. The number of benzene rings is 1. The fourth-order valence-corrected chi connectivity index (χ4v) is 2.40. The number of rotatable bonds is 5. The van der Waals surface area contributed by atoms with Gasteiger partial charge in [-0.2, -0.15) is 0 Å². The van der Waals surface area contributed by atoms with Gasteiger partial charge in [-0.1, -0.05) is 31.2 Å². The Morgan fingerprint density at radius 1 is 1.26 bits per heavy atom. The zero-order valence-corrected chi connectivity index (χ0v) is 11.3. The second kappa shape index (κ2) is 6.68. The Morgan fingerprint density at radius 3 is 2.37 bits per heavy atom. The molecule has 0 amide bonds. The Balaban J connectivity index is 2.04. The lowest BCUT2D eigenvalue weighted by atomic mass is 10.0. The molecule has 104 valence electrons. The van der Waals surface area contributed by atoms with Crippen LogP contribution in [-0.2, 0) is 22.4 Å². The monoisotopic (exact) mass is 263 g/mol. The molecule has 2 rings (SSSR count). The van der Waals surface area contributed by atoms with Crippen molar-refractivity contribution in [3.8, 4) is 0 Å². The number of nitrogens with zero attached hydrogens (tertiary/aromatic N) is 1. The minimum absolute atomic E-state index is 0.448. The van der Waals surface area contributed by atoms with E-state index in [1.165, 1.54) is 5.56 Å². The molecule has 0 saturated carbocycles. The summed E-state index contributed by atoms with van der Waals surface area (Å²) in [6.07, 6.45) is 1.56. The molecule has 1 aliphatic heterocycles. The topological polar surface area (TPSA) is 49.8 Å². The van der Waals surface area contributed by atoms with Crippen molar-refractivity contribution in [2.45, 2.75) is 25.8 Å². The Morgan fingerprint density at radius 2 is 1.84 bits per heavy atom. The Hall–Kier alpha value is -1.39. The summed E-state index contributed by atoms with van der Waals surface area (Å²) >= 11 is 0. The third-order valence-corrected chi connectivity index (χ3v) is 3.63. The quantitative estimate of drug-likeness (QED) is 0.876. The van der Waals surface area contributed by atoms with Gasteiger partial charge in [0.1, 0.15) is 6.04 Å². The second-order valence-electron chi connectivity index (χ2n) is 4.88. The fraction of sp³-hybridized carbons (Fsp3) is 0.533. The van der Waals surface area contributed by atoms with Crippen LogP contribution in [0.25, 0.3) is 0 Å². The number of carbonyl (C=O) groups is 1. The third kappa shape index (κ3) is 3.78. The second-order valence-corrected chi connectivity index (χ2v) is 4.88. The van der Waals surface area contributed by atoms with Crippen molar-refractivity contribution in [1.29, 1.82) is 0 Å². The van der Waals surface area contributed by atoms with Gasteiger partial charge in [-0.25, -0.2) is 0 Å². The smallest absolute Gasteiger partial charge is 0.321 e. The maximum absolute atomic E-state index is 11.4. The molecular weight excluding hydrogens is 242 g/mol. The van der Waals surface area contributed by atoms with Crippen LogP contribution in [-0.4, -0.2) is 48.3 Å². The van der Waals surface area contributed by atoms with E-state index in [-0.39, 0.29) is 0 Å². The predicted octanol–water partition coefficient (Wildman–Crippen LogP) is 1.58. The number of carboxylic acid groups (broad SMARTS) is 1. The highest BCUT2D eigenvalue weighted by Gasteiger charge is 2.27. The molecule has 4 nitrogen and oxygen atoms in total. The van der Waals surface area contributed by atoms with Crippen LogP contribution in [0.3, 0.4) is 0 Å². The first kappa shape index (κ1) is 14.0. The van der Waals surface area contributed by atoms with E-state index in [2.05, 4.69) is 19.1 Å². The normalized spacial score (nSPS) is 18.2. The zero-order valence-electron chi connectivity index (χ0n) is 11.3. The van der Waals surface area contributed by atoms with Gasteiger partial charge in [0.15, 0.2) is 0 Å². The maximum Gasteiger partial charge on any atom is 0.321 e. The van der Waals surface area contributed by atoms with Gasteiger partial charge in [0.25, 0.3) is 0 Å². The first-order valence-corrected chi connectivity index (χ1v) is 6.83. The van der Waals surface area contributed by atoms with Crippen LogP contribution >= 0.6 is 0 Å². The van der Waals surface area contributed by atoms with Crippen molar-refractivity contribution in [3.05, 3.63) is 35.4 Å². The van der Waals surface area contributed by atoms with Crippen molar-refractivity contribution in [2.75, 3.05) is 26.3 Å².